The zero-order valence-electron chi connectivity index (χ0n) is 16.8. The minimum absolute atomic E-state index is 0.0318. The predicted octanol–water partition coefficient (Wildman–Crippen LogP) is 4.69. The van der Waals surface area contributed by atoms with E-state index in [1.807, 2.05) is 6.92 Å². The first kappa shape index (κ1) is 23.1. The van der Waals surface area contributed by atoms with Gasteiger partial charge in [0.25, 0.3) is 15.9 Å². The van der Waals surface area contributed by atoms with Gasteiger partial charge in [-0.3, -0.25) is 9.10 Å². The molecule has 0 saturated heterocycles. The summed E-state index contributed by atoms with van der Waals surface area (Å²) in [6.45, 7) is 2.39. The van der Waals surface area contributed by atoms with Gasteiger partial charge in [0.15, 0.2) is 0 Å². The van der Waals surface area contributed by atoms with E-state index in [0.29, 0.717) is 23.6 Å². The van der Waals surface area contributed by atoms with Crippen LogP contribution in [0.5, 0.6) is 5.75 Å². The zero-order chi connectivity index (χ0) is 22.6. The second-order valence-electron chi connectivity index (χ2n) is 6.43. The van der Waals surface area contributed by atoms with E-state index in [9.17, 15) is 17.6 Å². The molecule has 0 aliphatic heterocycles. The molecule has 1 amide bonds. The number of thiophene rings is 1. The molecule has 164 valence electrons. The second-order valence-corrected chi connectivity index (χ2v) is 9.69. The highest BCUT2D eigenvalue weighted by molar-refractivity contribution is 7.93. The van der Waals surface area contributed by atoms with Crippen molar-refractivity contribution in [2.75, 3.05) is 18.0 Å². The molecule has 0 bridgehead atoms. The van der Waals surface area contributed by atoms with Crippen LogP contribution in [0.15, 0.2) is 58.8 Å². The maximum absolute atomic E-state index is 13.2. The Morgan fingerprint density at radius 2 is 1.90 bits per heavy atom. The number of halogens is 2. The molecule has 1 heterocycles. The van der Waals surface area contributed by atoms with Gasteiger partial charge in [-0.2, -0.15) is 0 Å². The Kier molecular flexibility index (Phi) is 7.19. The van der Waals surface area contributed by atoms with E-state index in [0.717, 1.165) is 21.7 Å². The SMILES string of the molecule is CCOc1ccc(N(C)S(=O)(=O)c2ccsc2C(=O)NCc2ccc(F)cc2Cl)cc1. The third-order valence-electron chi connectivity index (χ3n) is 4.44. The van der Waals surface area contributed by atoms with Crippen LogP contribution >= 0.6 is 22.9 Å². The van der Waals surface area contributed by atoms with Gasteiger partial charge in [0.2, 0.25) is 0 Å². The number of amides is 1. The van der Waals surface area contributed by atoms with Gasteiger partial charge < -0.3 is 10.1 Å². The summed E-state index contributed by atoms with van der Waals surface area (Å²) in [5.74, 6) is -0.412. The van der Waals surface area contributed by atoms with Crippen molar-refractivity contribution in [2.45, 2.75) is 18.4 Å². The van der Waals surface area contributed by atoms with Crippen molar-refractivity contribution in [1.82, 2.24) is 5.32 Å². The Balaban J connectivity index is 1.79. The molecule has 0 aliphatic carbocycles. The van der Waals surface area contributed by atoms with E-state index < -0.39 is 21.7 Å². The molecular formula is C21H20ClFN2O4S2. The van der Waals surface area contributed by atoms with Gasteiger partial charge in [-0.05, 0) is 60.3 Å². The monoisotopic (exact) mass is 482 g/mol. The minimum Gasteiger partial charge on any atom is -0.494 e. The van der Waals surface area contributed by atoms with Crippen molar-refractivity contribution in [2.24, 2.45) is 0 Å². The van der Waals surface area contributed by atoms with Crippen LogP contribution in [0.25, 0.3) is 0 Å². The van der Waals surface area contributed by atoms with E-state index in [1.54, 1.807) is 29.6 Å². The summed E-state index contributed by atoms with van der Waals surface area (Å²) in [5.41, 5.74) is 0.947. The highest BCUT2D eigenvalue weighted by Gasteiger charge is 2.28. The zero-order valence-corrected chi connectivity index (χ0v) is 19.2. The summed E-state index contributed by atoms with van der Waals surface area (Å²) in [6, 6.07) is 11.9. The molecule has 0 atom stereocenters. The number of hydrogen-bond acceptors (Lipinski definition) is 5. The number of carbonyl (C=O) groups is 1. The van der Waals surface area contributed by atoms with Crippen molar-refractivity contribution >= 4 is 44.6 Å². The number of benzene rings is 2. The Hall–Kier alpha value is -2.62. The lowest BCUT2D eigenvalue weighted by Gasteiger charge is -2.20. The maximum Gasteiger partial charge on any atom is 0.265 e. The average molecular weight is 483 g/mol. The largest absolute Gasteiger partial charge is 0.494 e. The lowest BCUT2D eigenvalue weighted by atomic mass is 10.2. The van der Waals surface area contributed by atoms with Crippen LogP contribution in [-0.4, -0.2) is 28.0 Å². The van der Waals surface area contributed by atoms with Gasteiger partial charge in [-0.1, -0.05) is 17.7 Å². The minimum atomic E-state index is -3.98. The Labute approximate surface area is 189 Å². The first-order valence-electron chi connectivity index (χ1n) is 9.25. The molecule has 0 aliphatic rings. The first-order valence-corrected chi connectivity index (χ1v) is 11.9. The van der Waals surface area contributed by atoms with Crippen LogP contribution in [-0.2, 0) is 16.6 Å². The van der Waals surface area contributed by atoms with Crippen molar-refractivity contribution < 1.29 is 22.3 Å². The van der Waals surface area contributed by atoms with E-state index in [4.69, 9.17) is 16.3 Å². The summed E-state index contributed by atoms with van der Waals surface area (Å²) in [7, 11) is -2.56. The molecule has 0 spiro atoms. The molecule has 1 N–H and O–H groups in total. The topological polar surface area (TPSA) is 75.7 Å². The van der Waals surface area contributed by atoms with Crippen LogP contribution < -0.4 is 14.4 Å². The fraction of sp³-hybridized carbons (Fsp3) is 0.190. The molecule has 1 aromatic heterocycles. The van der Waals surface area contributed by atoms with Crippen LogP contribution in [0.2, 0.25) is 5.02 Å². The van der Waals surface area contributed by atoms with Gasteiger partial charge in [-0.15, -0.1) is 11.3 Å². The van der Waals surface area contributed by atoms with Gasteiger partial charge in [-0.25, -0.2) is 12.8 Å². The second kappa shape index (κ2) is 9.67. The van der Waals surface area contributed by atoms with Gasteiger partial charge in [0, 0.05) is 18.6 Å². The summed E-state index contributed by atoms with van der Waals surface area (Å²) >= 11 is 7.00. The first-order chi connectivity index (χ1) is 14.7. The molecule has 3 aromatic rings. The van der Waals surface area contributed by atoms with Crippen molar-refractivity contribution in [1.29, 1.82) is 0 Å². The lowest BCUT2D eigenvalue weighted by molar-refractivity contribution is 0.0952. The van der Waals surface area contributed by atoms with E-state index >= 15 is 0 Å². The van der Waals surface area contributed by atoms with E-state index in [1.165, 1.54) is 25.2 Å². The quantitative estimate of drug-likeness (QED) is 0.505. The molecule has 31 heavy (non-hydrogen) atoms. The number of ether oxygens (including phenoxy) is 1. The number of hydrogen-bond donors (Lipinski definition) is 1. The van der Waals surface area contributed by atoms with Crippen LogP contribution in [0, 0.1) is 5.82 Å². The smallest absolute Gasteiger partial charge is 0.265 e. The van der Waals surface area contributed by atoms with Crippen molar-refractivity contribution in [3.8, 4) is 5.75 Å². The Morgan fingerprint density at radius 3 is 2.55 bits per heavy atom. The molecule has 0 fully saturated rings. The van der Waals surface area contributed by atoms with Crippen LogP contribution in [0.4, 0.5) is 10.1 Å². The fourth-order valence-corrected chi connectivity index (χ4v) is 5.54. The predicted molar refractivity (Wildman–Crippen MR) is 120 cm³/mol. The third kappa shape index (κ3) is 5.17. The van der Waals surface area contributed by atoms with Gasteiger partial charge >= 0.3 is 0 Å². The van der Waals surface area contributed by atoms with Crippen LogP contribution in [0.1, 0.15) is 22.2 Å². The van der Waals surface area contributed by atoms with Gasteiger partial charge in [0.1, 0.15) is 21.3 Å². The van der Waals surface area contributed by atoms with Crippen molar-refractivity contribution in [3.05, 3.63) is 75.2 Å². The number of nitrogens with zero attached hydrogens (tertiary/aromatic N) is 1. The molecule has 0 unspecified atom stereocenters. The third-order valence-corrected chi connectivity index (χ3v) is 7.66. The lowest BCUT2D eigenvalue weighted by Crippen LogP contribution is -2.29. The summed E-state index contributed by atoms with van der Waals surface area (Å²) in [6.07, 6.45) is 0. The molecule has 10 heteroatoms. The van der Waals surface area contributed by atoms with Crippen LogP contribution in [0.3, 0.4) is 0 Å². The molecule has 3 rings (SSSR count). The Morgan fingerprint density at radius 1 is 1.19 bits per heavy atom. The summed E-state index contributed by atoms with van der Waals surface area (Å²) < 4.78 is 46.0. The molecular weight excluding hydrogens is 463 g/mol. The maximum atomic E-state index is 13.2. The molecule has 6 nitrogen and oxygen atoms in total. The van der Waals surface area contributed by atoms with E-state index in [2.05, 4.69) is 5.32 Å². The molecule has 0 radical (unpaired) electrons. The standard InChI is InChI=1S/C21H20ClFN2O4S2/c1-3-29-17-8-6-16(7-9-17)25(2)31(27,28)19-10-11-30-20(19)21(26)24-13-14-4-5-15(23)12-18(14)22/h4-12H,3,13H2,1-2H3,(H,24,26). The number of nitrogens with one attached hydrogen (secondary N) is 1. The number of sulfonamides is 1. The molecule has 2 aromatic carbocycles. The van der Waals surface area contributed by atoms with Crippen molar-refractivity contribution in [3.63, 3.8) is 0 Å². The number of anilines is 1. The average Bonchev–Trinajstić information content (AvgIpc) is 3.24. The number of carbonyl (C=O) groups excluding carboxylic acids is 1. The normalized spacial score (nSPS) is 11.2. The summed E-state index contributed by atoms with van der Waals surface area (Å²) in [4.78, 5) is 12.6. The summed E-state index contributed by atoms with van der Waals surface area (Å²) in [5, 5.41) is 4.36. The van der Waals surface area contributed by atoms with E-state index in [-0.39, 0.29) is 21.3 Å². The fourth-order valence-electron chi connectivity index (χ4n) is 2.79. The highest BCUT2D eigenvalue weighted by atomic mass is 35.5. The highest BCUT2D eigenvalue weighted by Crippen LogP contribution is 2.29. The molecule has 0 saturated carbocycles. The van der Waals surface area contributed by atoms with Gasteiger partial charge in [0.05, 0.1) is 12.3 Å². The Bertz CT molecular complexity index is 1180. The number of rotatable bonds is 8.